The summed E-state index contributed by atoms with van der Waals surface area (Å²) in [5.41, 5.74) is 6.67. The maximum absolute atomic E-state index is 14.6. The number of sulfone groups is 1. The maximum atomic E-state index is 14.6. The molecule has 0 bridgehead atoms. The highest BCUT2D eigenvalue weighted by molar-refractivity contribution is 8.02. The summed E-state index contributed by atoms with van der Waals surface area (Å²) in [6.45, 7) is 11.0. The third kappa shape index (κ3) is 2.31. The summed E-state index contributed by atoms with van der Waals surface area (Å²) >= 11 is 0. The highest BCUT2D eigenvalue weighted by Crippen LogP contribution is 2.66. The van der Waals surface area contributed by atoms with Crippen LogP contribution in [0.25, 0.3) is 16.7 Å². The topological polar surface area (TPSA) is 34.1 Å². The Morgan fingerprint density at radius 1 is 0.697 bits per heavy atom. The summed E-state index contributed by atoms with van der Waals surface area (Å²) < 4.78 is 29.9. The summed E-state index contributed by atoms with van der Waals surface area (Å²) in [6, 6.07) is 25.0. The molecule has 166 valence electrons. The molecule has 2 aliphatic carbocycles. The van der Waals surface area contributed by atoms with Crippen molar-refractivity contribution in [2.45, 2.75) is 44.3 Å². The van der Waals surface area contributed by atoms with E-state index in [0.717, 1.165) is 39.0 Å². The van der Waals surface area contributed by atoms with E-state index < -0.39 is 23.3 Å². The largest absolute Gasteiger partial charge is 0.220 e. The van der Waals surface area contributed by atoms with Crippen molar-refractivity contribution in [2.24, 2.45) is 0 Å². The molecule has 33 heavy (non-hydrogen) atoms. The van der Waals surface area contributed by atoms with Crippen LogP contribution in [0.3, 0.4) is 0 Å². The molecule has 1 aliphatic heterocycles. The van der Waals surface area contributed by atoms with E-state index >= 15 is 0 Å². The van der Waals surface area contributed by atoms with Crippen molar-refractivity contribution in [2.75, 3.05) is 0 Å². The minimum atomic E-state index is -3.65. The van der Waals surface area contributed by atoms with Crippen LogP contribution in [-0.4, -0.2) is 16.5 Å². The Hall–Kier alpha value is -2.69. The first kappa shape index (κ1) is 20.9. The molecule has 0 N–H and O–H groups in total. The van der Waals surface area contributed by atoms with E-state index in [2.05, 4.69) is 70.3 Å². The van der Waals surface area contributed by atoms with E-state index in [4.69, 9.17) is 0 Å². The fourth-order valence-electron chi connectivity index (χ4n) is 5.96. The van der Waals surface area contributed by atoms with Gasteiger partial charge in [-0.2, -0.15) is 0 Å². The predicted molar refractivity (Wildman–Crippen MR) is 139 cm³/mol. The third-order valence-corrected chi connectivity index (χ3v) is 17.7. The molecule has 3 aromatic rings. The number of benzene rings is 3. The Labute approximate surface area is 197 Å². The summed E-state index contributed by atoms with van der Waals surface area (Å²) in [5, 5.41) is -0.0795. The molecule has 1 spiro atoms. The van der Waals surface area contributed by atoms with Gasteiger partial charge in [-0.15, -0.1) is 0 Å². The second-order valence-corrected chi connectivity index (χ2v) is 18.5. The van der Waals surface area contributed by atoms with E-state index in [1.165, 1.54) is 0 Å². The second-order valence-electron chi connectivity index (χ2n) is 11.0. The van der Waals surface area contributed by atoms with Gasteiger partial charge >= 0.3 is 0 Å². The molecule has 0 saturated carbocycles. The van der Waals surface area contributed by atoms with Crippen molar-refractivity contribution in [3.63, 3.8) is 0 Å². The van der Waals surface area contributed by atoms with Gasteiger partial charge in [-0.1, -0.05) is 107 Å². The molecule has 0 amide bonds. The first-order chi connectivity index (χ1) is 15.5. The summed E-state index contributed by atoms with van der Waals surface area (Å²) in [7, 11) is -5.96. The van der Waals surface area contributed by atoms with Gasteiger partial charge < -0.3 is 0 Å². The SMILES string of the molecule is CC(C)(C)[Si](C)(C)C1=CC2=C(C3(c4ccccc42)c2ccccc2-c2ccccc23)S1(=O)=O. The number of hydrogen-bond acceptors (Lipinski definition) is 2. The molecule has 3 aliphatic rings. The van der Waals surface area contributed by atoms with E-state index in [9.17, 15) is 8.42 Å². The van der Waals surface area contributed by atoms with Crippen LogP contribution in [0, 0.1) is 0 Å². The van der Waals surface area contributed by atoms with Crippen LogP contribution < -0.4 is 0 Å². The van der Waals surface area contributed by atoms with Gasteiger partial charge in [0.1, 0.15) is 8.07 Å². The van der Waals surface area contributed by atoms with E-state index in [0.29, 0.717) is 9.43 Å². The fraction of sp³-hybridized carbons (Fsp3) is 0.241. The van der Waals surface area contributed by atoms with E-state index in [1.54, 1.807) is 0 Å². The van der Waals surface area contributed by atoms with Gasteiger partial charge in [-0.05, 0) is 50.1 Å². The van der Waals surface area contributed by atoms with Crippen LogP contribution in [0.1, 0.15) is 43.0 Å². The monoisotopic (exact) mass is 468 g/mol. The Morgan fingerprint density at radius 3 is 1.61 bits per heavy atom. The molecule has 0 aromatic heterocycles. The number of rotatable bonds is 1. The number of allylic oxidation sites excluding steroid dienone is 3. The first-order valence-electron chi connectivity index (χ1n) is 11.6. The van der Waals surface area contributed by atoms with Gasteiger partial charge in [0.2, 0.25) is 0 Å². The van der Waals surface area contributed by atoms with Crippen LogP contribution in [0.15, 0.2) is 88.3 Å². The van der Waals surface area contributed by atoms with Crippen LogP contribution in [-0.2, 0) is 15.3 Å². The van der Waals surface area contributed by atoms with Crippen molar-refractivity contribution in [3.05, 3.63) is 111 Å². The summed E-state index contributed by atoms with van der Waals surface area (Å²) in [5.74, 6) is 0. The zero-order valence-electron chi connectivity index (χ0n) is 19.7. The number of fused-ring (bicyclic) bond motifs is 9. The molecule has 4 heteroatoms. The third-order valence-electron chi connectivity index (χ3n) is 8.48. The van der Waals surface area contributed by atoms with E-state index in [-0.39, 0.29) is 5.04 Å². The lowest BCUT2D eigenvalue weighted by molar-refractivity contribution is 0.602. The van der Waals surface area contributed by atoms with Crippen LogP contribution in [0.4, 0.5) is 0 Å². The maximum Gasteiger partial charge on any atom is 0.197 e. The van der Waals surface area contributed by atoms with Gasteiger partial charge in [-0.25, -0.2) is 8.42 Å². The second kappa shape index (κ2) is 6.25. The molecular weight excluding hydrogens is 440 g/mol. The Kier molecular flexibility index (Phi) is 3.95. The normalized spacial score (nSPS) is 19.2. The molecule has 0 unspecified atom stereocenters. The van der Waals surface area contributed by atoms with Gasteiger partial charge in [0.25, 0.3) is 0 Å². The molecular formula is C29H28O2SSi. The average molecular weight is 469 g/mol. The predicted octanol–water partition coefficient (Wildman–Crippen LogP) is 7.09. The molecule has 0 saturated heterocycles. The lowest BCUT2D eigenvalue weighted by atomic mass is 9.74. The first-order valence-corrected chi connectivity index (χ1v) is 16.0. The standard InChI is InChI=1S/C29H28O2SSi/c1-28(2,3)33(4,5)26-18-22-21-14-8-11-17-25(21)29(27(22)32(26,30)31)23-15-9-6-12-19(23)20-13-7-10-16-24(20)29/h6-18H,1-5H3. The quantitative estimate of drug-likeness (QED) is 0.357. The van der Waals surface area contributed by atoms with Gasteiger partial charge in [0.15, 0.2) is 9.84 Å². The highest BCUT2D eigenvalue weighted by atomic mass is 32.2. The Balaban J connectivity index is 1.76. The molecule has 6 rings (SSSR count). The number of hydrogen-bond donors (Lipinski definition) is 0. The van der Waals surface area contributed by atoms with Crippen molar-refractivity contribution in [1.29, 1.82) is 0 Å². The van der Waals surface area contributed by atoms with Crippen molar-refractivity contribution in [1.82, 2.24) is 0 Å². The Bertz CT molecular complexity index is 1490. The summed E-state index contributed by atoms with van der Waals surface area (Å²) in [6.07, 6.45) is 2.04. The lowest BCUT2D eigenvalue weighted by Crippen LogP contribution is -2.43. The minimum Gasteiger partial charge on any atom is -0.220 e. The van der Waals surface area contributed by atoms with Gasteiger partial charge in [-0.3, -0.25) is 0 Å². The molecule has 3 aromatic carbocycles. The van der Waals surface area contributed by atoms with Crippen molar-refractivity contribution < 1.29 is 8.42 Å². The van der Waals surface area contributed by atoms with Gasteiger partial charge in [0, 0.05) is 4.53 Å². The summed E-state index contributed by atoms with van der Waals surface area (Å²) in [4.78, 5) is 0.577. The minimum absolute atomic E-state index is 0.0795. The molecule has 2 nitrogen and oxygen atoms in total. The fourth-order valence-corrected chi connectivity index (χ4v) is 12.8. The van der Waals surface area contributed by atoms with E-state index in [1.807, 2.05) is 42.5 Å². The van der Waals surface area contributed by atoms with Crippen molar-refractivity contribution >= 4 is 23.5 Å². The van der Waals surface area contributed by atoms with Crippen molar-refractivity contribution in [3.8, 4) is 11.1 Å². The molecule has 0 fully saturated rings. The zero-order chi connectivity index (χ0) is 23.4. The molecule has 1 heterocycles. The molecule has 0 atom stereocenters. The van der Waals surface area contributed by atoms with Gasteiger partial charge in [0.05, 0.1) is 10.3 Å². The zero-order valence-corrected chi connectivity index (χ0v) is 21.5. The molecule has 0 radical (unpaired) electrons. The lowest BCUT2D eigenvalue weighted by Gasteiger charge is -2.39. The Morgan fingerprint density at radius 2 is 1.12 bits per heavy atom. The van der Waals surface area contributed by atoms with Crippen LogP contribution in [0.5, 0.6) is 0 Å². The van der Waals surface area contributed by atoms with Crippen LogP contribution in [0.2, 0.25) is 18.1 Å². The highest BCUT2D eigenvalue weighted by Gasteiger charge is 2.61. The van der Waals surface area contributed by atoms with Crippen LogP contribution >= 0.6 is 0 Å². The smallest absolute Gasteiger partial charge is 0.197 e. The average Bonchev–Trinajstić information content (AvgIpc) is 3.34.